The van der Waals surface area contributed by atoms with Gasteiger partial charge in [0.15, 0.2) is 11.5 Å². The van der Waals surface area contributed by atoms with E-state index in [0.717, 1.165) is 30.6 Å². The minimum Gasteiger partial charge on any atom is -0.444 e. The highest BCUT2D eigenvalue weighted by Crippen LogP contribution is 2.35. The molecule has 2 amide bonds. The average Bonchev–Trinajstić information content (AvgIpc) is 3.43. The van der Waals surface area contributed by atoms with Crippen molar-refractivity contribution in [1.82, 2.24) is 34.7 Å². The van der Waals surface area contributed by atoms with E-state index in [2.05, 4.69) is 35.1 Å². The molecule has 11 heteroatoms. The lowest BCUT2D eigenvalue weighted by molar-refractivity contribution is 0.0293. The van der Waals surface area contributed by atoms with Crippen LogP contribution in [-0.2, 0) is 4.74 Å². The van der Waals surface area contributed by atoms with Gasteiger partial charge in [0.2, 0.25) is 0 Å². The second-order valence-corrected chi connectivity index (χ2v) is 10.6. The molecule has 1 aliphatic carbocycles. The summed E-state index contributed by atoms with van der Waals surface area (Å²) in [5, 5.41) is 6.50. The zero-order chi connectivity index (χ0) is 25.4. The van der Waals surface area contributed by atoms with Gasteiger partial charge in [-0.3, -0.25) is 4.79 Å². The second-order valence-electron chi connectivity index (χ2n) is 10.6. The van der Waals surface area contributed by atoms with Crippen molar-refractivity contribution in [3.63, 3.8) is 0 Å². The largest absolute Gasteiger partial charge is 0.444 e. The van der Waals surface area contributed by atoms with Crippen molar-refractivity contribution in [2.45, 2.75) is 70.7 Å². The molecule has 36 heavy (non-hydrogen) atoms. The molecule has 0 radical (unpaired) electrons. The summed E-state index contributed by atoms with van der Waals surface area (Å²) in [5.41, 5.74) is 2.19. The summed E-state index contributed by atoms with van der Waals surface area (Å²) in [6.45, 7) is 8.64. The van der Waals surface area contributed by atoms with Gasteiger partial charge in [-0.15, -0.1) is 0 Å². The number of aryl methyl sites for hydroxylation is 1. The molecule has 1 unspecified atom stereocenters. The number of likely N-dealkylation sites (tertiary alicyclic amines) is 1. The fourth-order valence-corrected chi connectivity index (χ4v) is 4.65. The predicted molar refractivity (Wildman–Crippen MR) is 134 cm³/mol. The SMILES string of the molecule is Cc1cccc(C(=O)NC2CC(n3cnc4c(NC5CCN(C(=O)OC(C)(C)C)C5)ncnc43)C2)n1. The van der Waals surface area contributed by atoms with Crippen LogP contribution in [0.5, 0.6) is 0 Å². The van der Waals surface area contributed by atoms with Gasteiger partial charge in [0.25, 0.3) is 5.91 Å². The number of amides is 2. The number of imidazole rings is 1. The fourth-order valence-electron chi connectivity index (χ4n) is 4.65. The average molecular weight is 493 g/mol. The zero-order valence-electron chi connectivity index (χ0n) is 21.1. The first-order valence-corrected chi connectivity index (χ1v) is 12.3. The molecule has 1 atom stereocenters. The van der Waals surface area contributed by atoms with E-state index in [9.17, 15) is 9.59 Å². The molecule has 3 aromatic rings. The molecule has 0 bridgehead atoms. The van der Waals surface area contributed by atoms with Gasteiger partial charge in [0.05, 0.1) is 6.33 Å². The molecule has 2 fully saturated rings. The lowest BCUT2D eigenvalue weighted by Gasteiger charge is -2.36. The van der Waals surface area contributed by atoms with Gasteiger partial charge in [-0.05, 0) is 59.1 Å². The van der Waals surface area contributed by atoms with Gasteiger partial charge >= 0.3 is 6.09 Å². The van der Waals surface area contributed by atoms with Gasteiger partial charge in [0.1, 0.15) is 23.1 Å². The molecule has 0 spiro atoms. The van der Waals surface area contributed by atoms with Crippen LogP contribution in [0.1, 0.15) is 62.3 Å². The number of fused-ring (bicyclic) bond motifs is 1. The lowest BCUT2D eigenvalue weighted by atomic mass is 9.86. The fraction of sp³-hybridized carbons (Fsp3) is 0.520. The minimum atomic E-state index is -0.519. The molecule has 11 nitrogen and oxygen atoms in total. The van der Waals surface area contributed by atoms with Crippen LogP contribution in [0.3, 0.4) is 0 Å². The van der Waals surface area contributed by atoms with Crippen LogP contribution < -0.4 is 10.6 Å². The Labute approximate surface area is 209 Å². The third-order valence-electron chi connectivity index (χ3n) is 6.50. The number of nitrogens with one attached hydrogen (secondary N) is 2. The molecule has 1 saturated carbocycles. The molecule has 0 aromatic carbocycles. The van der Waals surface area contributed by atoms with Crippen molar-refractivity contribution in [1.29, 1.82) is 0 Å². The molecule has 190 valence electrons. The Morgan fingerprint density at radius 2 is 1.92 bits per heavy atom. The summed E-state index contributed by atoms with van der Waals surface area (Å²) in [4.78, 5) is 44.4. The van der Waals surface area contributed by atoms with Crippen molar-refractivity contribution in [3.8, 4) is 0 Å². The number of carbonyl (C=O) groups is 2. The van der Waals surface area contributed by atoms with Crippen LogP contribution >= 0.6 is 0 Å². The molecule has 1 aliphatic heterocycles. The number of ether oxygens (including phenoxy) is 1. The Hall–Kier alpha value is -3.76. The van der Waals surface area contributed by atoms with E-state index in [4.69, 9.17) is 4.74 Å². The number of hydrogen-bond acceptors (Lipinski definition) is 8. The molecule has 1 saturated heterocycles. The van der Waals surface area contributed by atoms with Crippen molar-refractivity contribution in [3.05, 3.63) is 42.2 Å². The van der Waals surface area contributed by atoms with Crippen LogP contribution in [-0.4, -0.2) is 72.2 Å². The van der Waals surface area contributed by atoms with Crippen LogP contribution in [0, 0.1) is 6.92 Å². The maximum absolute atomic E-state index is 12.5. The third kappa shape index (κ3) is 5.09. The third-order valence-corrected chi connectivity index (χ3v) is 6.50. The number of aromatic nitrogens is 5. The summed E-state index contributed by atoms with van der Waals surface area (Å²) in [5.74, 6) is 0.507. The van der Waals surface area contributed by atoms with Gasteiger partial charge < -0.3 is 24.8 Å². The molecule has 3 aromatic heterocycles. The van der Waals surface area contributed by atoms with Gasteiger partial charge in [-0.1, -0.05) is 6.07 Å². The van der Waals surface area contributed by atoms with Crippen molar-refractivity contribution in [2.24, 2.45) is 0 Å². The summed E-state index contributed by atoms with van der Waals surface area (Å²) in [7, 11) is 0. The Balaban J connectivity index is 1.19. The number of pyridine rings is 1. The molecule has 4 heterocycles. The van der Waals surface area contributed by atoms with E-state index >= 15 is 0 Å². The maximum atomic E-state index is 12.5. The summed E-state index contributed by atoms with van der Waals surface area (Å²) in [6, 6.07) is 5.77. The predicted octanol–water partition coefficient (Wildman–Crippen LogP) is 3.08. The number of carbonyl (C=O) groups excluding carboxylic acids is 2. The van der Waals surface area contributed by atoms with E-state index in [0.29, 0.717) is 30.1 Å². The minimum absolute atomic E-state index is 0.0549. The first kappa shape index (κ1) is 24.0. The van der Waals surface area contributed by atoms with E-state index in [1.807, 2.05) is 39.8 Å². The first-order valence-electron chi connectivity index (χ1n) is 12.3. The summed E-state index contributed by atoms with van der Waals surface area (Å²) >= 11 is 0. The Morgan fingerprint density at radius 3 is 2.67 bits per heavy atom. The molecule has 2 N–H and O–H groups in total. The Morgan fingerprint density at radius 1 is 1.11 bits per heavy atom. The number of anilines is 1. The molecule has 2 aliphatic rings. The van der Waals surface area contributed by atoms with E-state index in [1.165, 1.54) is 6.33 Å². The Bertz CT molecular complexity index is 1280. The highest BCUT2D eigenvalue weighted by atomic mass is 16.6. The highest BCUT2D eigenvalue weighted by molar-refractivity contribution is 5.92. The number of hydrogen-bond donors (Lipinski definition) is 2. The van der Waals surface area contributed by atoms with E-state index in [1.54, 1.807) is 17.3 Å². The summed E-state index contributed by atoms with van der Waals surface area (Å²) in [6.07, 6.45) is 5.41. The maximum Gasteiger partial charge on any atom is 0.410 e. The molecular formula is C25H32N8O3. The van der Waals surface area contributed by atoms with Crippen LogP contribution in [0.4, 0.5) is 10.6 Å². The second kappa shape index (κ2) is 9.36. The molecular weight excluding hydrogens is 460 g/mol. The van der Waals surface area contributed by atoms with Crippen LogP contribution in [0.15, 0.2) is 30.9 Å². The van der Waals surface area contributed by atoms with Crippen molar-refractivity contribution >= 4 is 29.0 Å². The van der Waals surface area contributed by atoms with Crippen molar-refractivity contribution in [2.75, 3.05) is 18.4 Å². The van der Waals surface area contributed by atoms with Crippen LogP contribution in [0.2, 0.25) is 0 Å². The lowest BCUT2D eigenvalue weighted by Crippen LogP contribution is -2.45. The zero-order valence-corrected chi connectivity index (χ0v) is 21.1. The monoisotopic (exact) mass is 492 g/mol. The topological polar surface area (TPSA) is 127 Å². The highest BCUT2D eigenvalue weighted by Gasteiger charge is 2.34. The van der Waals surface area contributed by atoms with E-state index < -0.39 is 5.60 Å². The summed E-state index contributed by atoms with van der Waals surface area (Å²) < 4.78 is 7.54. The van der Waals surface area contributed by atoms with Gasteiger partial charge in [0, 0.05) is 36.9 Å². The normalized spacial score (nSPS) is 21.8. The van der Waals surface area contributed by atoms with Crippen molar-refractivity contribution < 1.29 is 14.3 Å². The number of nitrogens with zero attached hydrogens (tertiary/aromatic N) is 6. The van der Waals surface area contributed by atoms with Crippen LogP contribution in [0.25, 0.3) is 11.2 Å². The quantitative estimate of drug-likeness (QED) is 0.556. The van der Waals surface area contributed by atoms with E-state index in [-0.39, 0.29) is 30.1 Å². The van der Waals surface area contributed by atoms with Gasteiger partial charge in [-0.2, -0.15) is 0 Å². The standard InChI is InChI=1S/C25H32N8O3/c1-15-6-5-7-19(29-15)23(34)31-17-10-18(11-17)33-14-28-20-21(26-13-27-22(20)33)30-16-8-9-32(12-16)24(35)36-25(2,3)4/h5-7,13-14,16-18H,8-12H2,1-4H3,(H,31,34)(H,26,27,30). The smallest absolute Gasteiger partial charge is 0.410 e. The number of rotatable bonds is 5. The first-order chi connectivity index (χ1) is 17.2. The Kier molecular flexibility index (Phi) is 6.23. The molecule has 5 rings (SSSR count). The van der Waals surface area contributed by atoms with Gasteiger partial charge in [-0.25, -0.2) is 24.7 Å².